The zero-order chi connectivity index (χ0) is 10.7. The molecular weight excluding hydrogens is 186 g/mol. The molecule has 1 atom stereocenters. The molecule has 0 spiro atoms. The molecule has 1 aromatic carbocycles. The summed E-state index contributed by atoms with van der Waals surface area (Å²) >= 11 is 0. The van der Waals surface area contributed by atoms with Gasteiger partial charge in [-0.05, 0) is 43.4 Å². The number of anilines is 1. The van der Waals surface area contributed by atoms with E-state index in [-0.39, 0.29) is 6.10 Å². The summed E-state index contributed by atoms with van der Waals surface area (Å²) in [5.74, 6) is 0.861. The molecule has 0 bridgehead atoms. The lowest BCUT2D eigenvalue weighted by molar-refractivity contribution is 0.199. The SMILES string of the molecule is CC(O)c1cccc(NCC2CCC2)c1. The topological polar surface area (TPSA) is 32.3 Å². The van der Waals surface area contributed by atoms with Crippen LogP contribution in [0.15, 0.2) is 24.3 Å². The quantitative estimate of drug-likeness (QED) is 0.792. The summed E-state index contributed by atoms with van der Waals surface area (Å²) in [5.41, 5.74) is 2.11. The van der Waals surface area contributed by atoms with Gasteiger partial charge in [-0.1, -0.05) is 18.6 Å². The van der Waals surface area contributed by atoms with E-state index in [1.54, 1.807) is 6.92 Å². The lowest BCUT2D eigenvalue weighted by Gasteiger charge is -2.26. The van der Waals surface area contributed by atoms with Gasteiger partial charge in [-0.25, -0.2) is 0 Å². The van der Waals surface area contributed by atoms with Gasteiger partial charge in [0.25, 0.3) is 0 Å². The first-order valence-electron chi connectivity index (χ1n) is 5.77. The van der Waals surface area contributed by atoms with E-state index in [1.165, 1.54) is 19.3 Å². The summed E-state index contributed by atoms with van der Waals surface area (Å²) in [4.78, 5) is 0. The minimum absolute atomic E-state index is 0.379. The van der Waals surface area contributed by atoms with Gasteiger partial charge in [0.1, 0.15) is 0 Å². The van der Waals surface area contributed by atoms with Gasteiger partial charge in [0.05, 0.1) is 6.10 Å². The maximum Gasteiger partial charge on any atom is 0.0762 e. The van der Waals surface area contributed by atoms with E-state index in [0.717, 1.165) is 23.7 Å². The molecular formula is C13H19NO. The molecule has 0 amide bonds. The zero-order valence-electron chi connectivity index (χ0n) is 9.24. The maximum absolute atomic E-state index is 9.46. The van der Waals surface area contributed by atoms with Gasteiger partial charge in [-0.15, -0.1) is 0 Å². The van der Waals surface area contributed by atoms with E-state index in [4.69, 9.17) is 0 Å². The zero-order valence-corrected chi connectivity index (χ0v) is 9.24. The molecule has 1 aliphatic carbocycles. The monoisotopic (exact) mass is 205 g/mol. The first-order valence-corrected chi connectivity index (χ1v) is 5.77. The molecule has 2 nitrogen and oxygen atoms in total. The number of hydrogen-bond acceptors (Lipinski definition) is 2. The maximum atomic E-state index is 9.46. The summed E-state index contributed by atoms with van der Waals surface area (Å²) in [6.45, 7) is 2.87. The van der Waals surface area contributed by atoms with Gasteiger partial charge in [-0.3, -0.25) is 0 Å². The number of hydrogen-bond donors (Lipinski definition) is 2. The first kappa shape index (κ1) is 10.5. The van der Waals surface area contributed by atoms with E-state index in [9.17, 15) is 5.11 Å². The van der Waals surface area contributed by atoms with Crippen LogP contribution in [-0.2, 0) is 0 Å². The highest BCUT2D eigenvalue weighted by atomic mass is 16.3. The van der Waals surface area contributed by atoms with Crippen molar-refractivity contribution in [2.24, 2.45) is 5.92 Å². The van der Waals surface area contributed by atoms with Crippen molar-refractivity contribution >= 4 is 5.69 Å². The molecule has 1 fully saturated rings. The molecule has 2 heteroatoms. The van der Waals surface area contributed by atoms with Crippen LogP contribution < -0.4 is 5.32 Å². The number of nitrogens with one attached hydrogen (secondary N) is 1. The Morgan fingerprint density at radius 3 is 2.87 bits per heavy atom. The van der Waals surface area contributed by atoms with Crippen molar-refractivity contribution < 1.29 is 5.11 Å². The Labute approximate surface area is 91.3 Å². The van der Waals surface area contributed by atoms with Crippen molar-refractivity contribution in [3.05, 3.63) is 29.8 Å². The Kier molecular flexibility index (Phi) is 3.27. The number of aliphatic hydroxyl groups is 1. The predicted molar refractivity (Wildman–Crippen MR) is 62.9 cm³/mol. The second-order valence-electron chi connectivity index (χ2n) is 4.48. The van der Waals surface area contributed by atoms with E-state index in [1.807, 2.05) is 18.2 Å². The van der Waals surface area contributed by atoms with Gasteiger partial charge in [0, 0.05) is 12.2 Å². The number of benzene rings is 1. The van der Waals surface area contributed by atoms with Crippen molar-refractivity contribution in [1.82, 2.24) is 0 Å². The van der Waals surface area contributed by atoms with Crippen molar-refractivity contribution in [3.63, 3.8) is 0 Å². The van der Waals surface area contributed by atoms with Gasteiger partial charge in [0.15, 0.2) is 0 Å². The fourth-order valence-corrected chi connectivity index (χ4v) is 1.87. The highest BCUT2D eigenvalue weighted by Crippen LogP contribution is 2.26. The van der Waals surface area contributed by atoms with Gasteiger partial charge in [-0.2, -0.15) is 0 Å². The van der Waals surface area contributed by atoms with E-state index < -0.39 is 0 Å². The Balaban J connectivity index is 1.92. The van der Waals surface area contributed by atoms with Crippen molar-refractivity contribution in [1.29, 1.82) is 0 Å². The smallest absolute Gasteiger partial charge is 0.0762 e. The second kappa shape index (κ2) is 4.67. The van der Waals surface area contributed by atoms with Gasteiger partial charge >= 0.3 is 0 Å². The van der Waals surface area contributed by atoms with Crippen LogP contribution in [0.5, 0.6) is 0 Å². The molecule has 82 valence electrons. The van der Waals surface area contributed by atoms with Crippen LogP contribution in [0.2, 0.25) is 0 Å². The van der Waals surface area contributed by atoms with Crippen LogP contribution in [0.3, 0.4) is 0 Å². The number of aliphatic hydroxyl groups excluding tert-OH is 1. The molecule has 2 rings (SSSR count). The third kappa shape index (κ3) is 2.72. The number of rotatable bonds is 4. The molecule has 0 heterocycles. The lowest BCUT2D eigenvalue weighted by Crippen LogP contribution is -2.20. The molecule has 1 saturated carbocycles. The summed E-state index contributed by atoms with van der Waals surface area (Å²) < 4.78 is 0. The van der Waals surface area contributed by atoms with Crippen LogP contribution in [-0.4, -0.2) is 11.7 Å². The van der Waals surface area contributed by atoms with E-state index >= 15 is 0 Å². The van der Waals surface area contributed by atoms with Crippen LogP contribution in [0.1, 0.15) is 37.9 Å². The van der Waals surface area contributed by atoms with Crippen LogP contribution in [0.25, 0.3) is 0 Å². The molecule has 15 heavy (non-hydrogen) atoms. The predicted octanol–water partition coefficient (Wildman–Crippen LogP) is 2.95. The summed E-state index contributed by atoms with van der Waals surface area (Å²) in [6.07, 6.45) is 3.74. The molecule has 0 saturated heterocycles. The third-order valence-electron chi connectivity index (χ3n) is 3.19. The Hall–Kier alpha value is -1.02. The van der Waals surface area contributed by atoms with Gasteiger partial charge < -0.3 is 10.4 Å². The lowest BCUT2D eigenvalue weighted by atomic mass is 9.85. The van der Waals surface area contributed by atoms with E-state index in [2.05, 4.69) is 11.4 Å². The molecule has 0 aliphatic heterocycles. The molecule has 1 aliphatic rings. The minimum Gasteiger partial charge on any atom is -0.389 e. The molecule has 1 aromatic rings. The Morgan fingerprint density at radius 1 is 1.47 bits per heavy atom. The fraction of sp³-hybridized carbons (Fsp3) is 0.538. The molecule has 0 aromatic heterocycles. The summed E-state index contributed by atoms with van der Waals surface area (Å²) in [6, 6.07) is 8.04. The molecule has 0 radical (unpaired) electrons. The third-order valence-corrected chi connectivity index (χ3v) is 3.19. The average Bonchev–Trinajstić information content (AvgIpc) is 2.16. The Bertz CT molecular complexity index is 318. The van der Waals surface area contributed by atoms with Crippen LogP contribution in [0.4, 0.5) is 5.69 Å². The normalized spacial score (nSPS) is 18.3. The summed E-state index contributed by atoms with van der Waals surface area (Å²) in [5, 5.41) is 12.9. The largest absolute Gasteiger partial charge is 0.389 e. The molecule has 2 N–H and O–H groups in total. The molecule has 1 unspecified atom stereocenters. The van der Waals surface area contributed by atoms with Crippen molar-refractivity contribution in [3.8, 4) is 0 Å². The van der Waals surface area contributed by atoms with Crippen LogP contribution in [0, 0.1) is 5.92 Å². The van der Waals surface area contributed by atoms with E-state index in [0.29, 0.717) is 0 Å². The highest BCUT2D eigenvalue weighted by Gasteiger charge is 2.16. The fourth-order valence-electron chi connectivity index (χ4n) is 1.87. The Morgan fingerprint density at radius 2 is 2.27 bits per heavy atom. The first-order chi connectivity index (χ1) is 7.25. The van der Waals surface area contributed by atoms with Crippen LogP contribution >= 0.6 is 0 Å². The standard InChI is InChI=1S/C13H19NO/c1-10(15)12-6-3-7-13(8-12)14-9-11-4-2-5-11/h3,6-8,10-11,14-15H,2,4-5,9H2,1H3. The average molecular weight is 205 g/mol. The van der Waals surface area contributed by atoms with Crippen molar-refractivity contribution in [2.75, 3.05) is 11.9 Å². The highest BCUT2D eigenvalue weighted by molar-refractivity contribution is 5.46. The van der Waals surface area contributed by atoms with Gasteiger partial charge in [0.2, 0.25) is 0 Å². The second-order valence-corrected chi connectivity index (χ2v) is 4.48. The minimum atomic E-state index is -0.379. The summed E-state index contributed by atoms with van der Waals surface area (Å²) in [7, 11) is 0. The van der Waals surface area contributed by atoms with Crippen molar-refractivity contribution in [2.45, 2.75) is 32.3 Å².